The average Bonchev–Trinajstić information content (AvgIpc) is 3.28. The fourth-order valence-electron chi connectivity index (χ4n) is 9.51. The lowest BCUT2D eigenvalue weighted by molar-refractivity contribution is 0.524. The fourth-order valence-corrected chi connectivity index (χ4v) is 9.51. The molecule has 0 fully saturated rings. The van der Waals surface area contributed by atoms with Gasteiger partial charge < -0.3 is 11.5 Å². The van der Waals surface area contributed by atoms with Gasteiger partial charge in [-0.3, -0.25) is 0 Å². The largest absolute Gasteiger partial charge is 0.399 e. The van der Waals surface area contributed by atoms with Gasteiger partial charge in [0, 0.05) is 11.4 Å². The maximum Gasteiger partial charge on any atom is 0.0316 e. The molecule has 0 aliphatic carbocycles. The standard InChI is InChI=1S/C60H92N2/c1-3-5-7-23-29-33-55-49-59(61)45-43-57(55)47-53-39-35-51(36-40-53)31-27-25-21-19-17-15-13-11-9-10-12-14-16-18-20-22-26-28-32-52-37-41-54(42-38-52)48-58-44-46-60(62)50-56(58)34-30-24-8-6-4-2/h35-46,49-50H,3-34,47-48,61-62H2,1-2H3. The first kappa shape index (κ1) is 51.1. The van der Waals surface area contributed by atoms with Crippen LogP contribution in [0.4, 0.5) is 11.4 Å². The molecule has 0 spiro atoms. The van der Waals surface area contributed by atoms with Gasteiger partial charge in [-0.15, -0.1) is 0 Å². The molecule has 2 nitrogen and oxygen atoms in total. The first-order chi connectivity index (χ1) is 30.5. The summed E-state index contributed by atoms with van der Waals surface area (Å²) < 4.78 is 0. The summed E-state index contributed by atoms with van der Waals surface area (Å²) in [5.74, 6) is 0. The molecule has 4 rings (SSSR count). The van der Waals surface area contributed by atoms with E-state index in [-0.39, 0.29) is 0 Å². The summed E-state index contributed by atoms with van der Waals surface area (Å²) in [7, 11) is 0. The molecule has 0 radical (unpaired) electrons. The maximum absolute atomic E-state index is 6.17. The fraction of sp³-hybridized carbons (Fsp3) is 0.600. The van der Waals surface area contributed by atoms with Crippen LogP contribution in [0.5, 0.6) is 0 Å². The summed E-state index contributed by atoms with van der Waals surface area (Å²) in [6, 6.07) is 32.0. The molecule has 342 valence electrons. The smallest absolute Gasteiger partial charge is 0.0316 e. The minimum Gasteiger partial charge on any atom is -0.399 e. The molecule has 0 aromatic heterocycles. The molecule has 0 saturated heterocycles. The number of rotatable bonds is 37. The minimum atomic E-state index is 0.898. The van der Waals surface area contributed by atoms with Crippen LogP contribution in [-0.2, 0) is 38.5 Å². The van der Waals surface area contributed by atoms with Crippen molar-refractivity contribution in [3.8, 4) is 0 Å². The van der Waals surface area contributed by atoms with Gasteiger partial charge >= 0.3 is 0 Å². The number of nitrogens with two attached hydrogens (primary N) is 2. The Bertz CT molecular complexity index is 1560. The Balaban J connectivity index is 0.905. The molecular formula is C60H92N2. The van der Waals surface area contributed by atoms with Crippen molar-refractivity contribution in [2.45, 2.75) is 232 Å². The lowest BCUT2D eigenvalue weighted by Crippen LogP contribution is -1.99. The SMILES string of the molecule is CCCCCCCc1cc(N)ccc1Cc1ccc(CCCCCCCCCCCCCCCCCCCCc2ccc(Cc3ccc(N)cc3CCCCCCC)cc2)cc1. The average molecular weight is 841 g/mol. The van der Waals surface area contributed by atoms with Gasteiger partial charge in [0.1, 0.15) is 0 Å². The number of nitrogen functional groups attached to an aromatic ring is 2. The van der Waals surface area contributed by atoms with Gasteiger partial charge in [0.15, 0.2) is 0 Å². The Hall–Kier alpha value is -3.52. The number of aryl methyl sites for hydroxylation is 4. The van der Waals surface area contributed by atoms with Crippen molar-refractivity contribution in [1.29, 1.82) is 0 Å². The zero-order valence-corrected chi connectivity index (χ0v) is 40.3. The summed E-state index contributed by atoms with van der Waals surface area (Å²) in [6.07, 6.45) is 45.4. The number of anilines is 2. The Morgan fingerprint density at radius 3 is 0.823 bits per heavy atom. The zero-order valence-electron chi connectivity index (χ0n) is 40.3. The van der Waals surface area contributed by atoms with Crippen molar-refractivity contribution in [1.82, 2.24) is 0 Å². The van der Waals surface area contributed by atoms with Gasteiger partial charge in [-0.1, -0.05) is 229 Å². The van der Waals surface area contributed by atoms with E-state index < -0.39 is 0 Å². The summed E-state index contributed by atoms with van der Waals surface area (Å²) in [5, 5.41) is 0. The normalized spacial score (nSPS) is 11.5. The predicted molar refractivity (Wildman–Crippen MR) is 276 cm³/mol. The van der Waals surface area contributed by atoms with Crippen LogP contribution in [0.15, 0.2) is 84.9 Å². The van der Waals surface area contributed by atoms with Gasteiger partial charge in [0.25, 0.3) is 0 Å². The summed E-state index contributed by atoms with van der Waals surface area (Å²) in [5.41, 5.74) is 25.7. The van der Waals surface area contributed by atoms with Crippen LogP contribution in [-0.4, -0.2) is 0 Å². The lowest BCUT2D eigenvalue weighted by Gasteiger charge is -2.12. The van der Waals surface area contributed by atoms with E-state index in [0.717, 1.165) is 37.1 Å². The van der Waals surface area contributed by atoms with Crippen LogP contribution in [0.2, 0.25) is 0 Å². The number of hydrogen-bond acceptors (Lipinski definition) is 2. The third-order valence-corrected chi connectivity index (χ3v) is 13.6. The van der Waals surface area contributed by atoms with Crippen LogP contribution >= 0.6 is 0 Å². The Morgan fingerprint density at radius 1 is 0.258 bits per heavy atom. The quantitative estimate of drug-likeness (QED) is 0.0351. The molecule has 4 aromatic rings. The second kappa shape index (κ2) is 33.1. The minimum absolute atomic E-state index is 0.898. The number of unbranched alkanes of at least 4 members (excludes halogenated alkanes) is 25. The van der Waals surface area contributed by atoms with E-state index in [0.29, 0.717) is 0 Å². The van der Waals surface area contributed by atoms with Crippen molar-refractivity contribution < 1.29 is 0 Å². The van der Waals surface area contributed by atoms with Crippen molar-refractivity contribution in [2.24, 2.45) is 0 Å². The Labute approximate surface area is 382 Å². The molecule has 2 heteroatoms. The van der Waals surface area contributed by atoms with Gasteiger partial charge in [-0.05, 0) is 133 Å². The molecule has 62 heavy (non-hydrogen) atoms. The van der Waals surface area contributed by atoms with Crippen molar-refractivity contribution >= 4 is 11.4 Å². The van der Waals surface area contributed by atoms with Crippen LogP contribution in [0.3, 0.4) is 0 Å². The first-order valence-corrected chi connectivity index (χ1v) is 26.4. The third-order valence-electron chi connectivity index (χ3n) is 13.6. The maximum atomic E-state index is 6.17. The highest BCUT2D eigenvalue weighted by molar-refractivity contribution is 5.47. The molecule has 0 saturated carbocycles. The third kappa shape index (κ3) is 22.7. The Kier molecular flexibility index (Phi) is 27.3. The molecule has 0 heterocycles. The highest BCUT2D eigenvalue weighted by Gasteiger charge is 2.08. The second-order valence-electron chi connectivity index (χ2n) is 19.2. The molecule has 0 aliphatic heterocycles. The van der Waals surface area contributed by atoms with E-state index in [9.17, 15) is 0 Å². The highest BCUT2D eigenvalue weighted by atomic mass is 14.5. The molecule has 0 unspecified atom stereocenters. The monoisotopic (exact) mass is 841 g/mol. The molecule has 0 aliphatic rings. The van der Waals surface area contributed by atoms with Gasteiger partial charge in [0.2, 0.25) is 0 Å². The van der Waals surface area contributed by atoms with E-state index in [4.69, 9.17) is 11.5 Å². The van der Waals surface area contributed by atoms with Crippen molar-refractivity contribution in [2.75, 3.05) is 11.5 Å². The van der Waals surface area contributed by atoms with E-state index >= 15 is 0 Å². The van der Waals surface area contributed by atoms with E-state index in [1.54, 1.807) is 0 Å². The lowest BCUT2D eigenvalue weighted by atomic mass is 9.94. The van der Waals surface area contributed by atoms with Crippen LogP contribution < -0.4 is 11.5 Å². The number of benzene rings is 4. The molecule has 0 atom stereocenters. The van der Waals surface area contributed by atoms with Crippen molar-refractivity contribution in [3.63, 3.8) is 0 Å². The second-order valence-corrected chi connectivity index (χ2v) is 19.2. The predicted octanol–water partition coefficient (Wildman–Crippen LogP) is 17.9. The molecule has 0 bridgehead atoms. The van der Waals surface area contributed by atoms with Gasteiger partial charge in [-0.25, -0.2) is 0 Å². The van der Waals surface area contributed by atoms with Gasteiger partial charge in [-0.2, -0.15) is 0 Å². The van der Waals surface area contributed by atoms with Crippen LogP contribution in [0.25, 0.3) is 0 Å². The topological polar surface area (TPSA) is 52.0 Å². The Morgan fingerprint density at radius 2 is 0.516 bits per heavy atom. The van der Waals surface area contributed by atoms with Gasteiger partial charge in [0.05, 0.1) is 0 Å². The first-order valence-electron chi connectivity index (χ1n) is 26.4. The summed E-state index contributed by atoms with van der Waals surface area (Å²) >= 11 is 0. The summed E-state index contributed by atoms with van der Waals surface area (Å²) in [6.45, 7) is 4.57. The van der Waals surface area contributed by atoms with Crippen LogP contribution in [0, 0.1) is 0 Å². The molecule has 4 N–H and O–H groups in total. The number of hydrogen-bond donors (Lipinski definition) is 2. The van der Waals surface area contributed by atoms with Crippen molar-refractivity contribution in [3.05, 3.63) is 129 Å². The summed E-state index contributed by atoms with van der Waals surface area (Å²) in [4.78, 5) is 0. The van der Waals surface area contributed by atoms with E-state index in [1.807, 2.05) is 0 Å². The molecule has 4 aromatic carbocycles. The zero-order chi connectivity index (χ0) is 43.7. The highest BCUT2D eigenvalue weighted by Crippen LogP contribution is 2.24. The molecule has 0 amide bonds. The van der Waals surface area contributed by atoms with Crippen LogP contribution in [0.1, 0.15) is 238 Å². The molecular weight excluding hydrogens is 749 g/mol. The van der Waals surface area contributed by atoms with E-state index in [1.165, 1.54) is 237 Å². The van der Waals surface area contributed by atoms with E-state index in [2.05, 4.69) is 98.8 Å².